The van der Waals surface area contributed by atoms with E-state index < -0.39 is 0 Å². The number of nitrogens with zero attached hydrogens (tertiary/aromatic N) is 6. The van der Waals surface area contributed by atoms with E-state index in [9.17, 15) is 9.18 Å². The first-order chi connectivity index (χ1) is 16.1. The lowest BCUT2D eigenvalue weighted by atomic mass is 9.93. The number of carbonyl (C=O) groups is 1. The number of hydrogen-bond donors (Lipinski definition) is 1. The number of rotatable bonds is 6. The summed E-state index contributed by atoms with van der Waals surface area (Å²) in [5, 5.41) is 12.1. The van der Waals surface area contributed by atoms with Crippen LogP contribution in [0.2, 0.25) is 0 Å². The number of anilines is 1. The summed E-state index contributed by atoms with van der Waals surface area (Å²) >= 11 is 0. The maximum Gasteiger partial charge on any atom is 0.262 e. The van der Waals surface area contributed by atoms with Gasteiger partial charge in [-0.2, -0.15) is 10.2 Å². The summed E-state index contributed by atoms with van der Waals surface area (Å²) in [4.78, 5) is 19.6. The predicted molar refractivity (Wildman–Crippen MR) is 124 cm³/mol. The number of likely N-dealkylation sites (tertiary alicyclic amines) is 1. The van der Waals surface area contributed by atoms with Crippen molar-refractivity contribution in [3.8, 4) is 5.69 Å². The normalized spacial score (nSPS) is 15.2. The van der Waals surface area contributed by atoms with Crippen LogP contribution in [0.1, 0.15) is 40.4 Å². The van der Waals surface area contributed by atoms with Crippen molar-refractivity contribution in [1.82, 2.24) is 29.3 Å². The molecule has 170 valence electrons. The Hall–Kier alpha value is -3.59. The molecular weight excluding hydrogens is 421 g/mol. The Morgan fingerprint density at radius 3 is 2.76 bits per heavy atom. The van der Waals surface area contributed by atoms with E-state index in [1.165, 1.54) is 6.20 Å². The van der Waals surface area contributed by atoms with E-state index in [1.807, 2.05) is 37.3 Å². The summed E-state index contributed by atoms with van der Waals surface area (Å²) in [6.07, 6.45) is 6.74. The van der Waals surface area contributed by atoms with Crippen molar-refractivity contribution in [2.75, 3.05) is 31.6 Å². The van der Waals surface area contributed by atoms with E-state index in [0.717, 1.165) is 42.9 Å². The molecule has 3 aromatic heterocycles. The van der Waals surface area contributed by atoms with Crippen LogP contribution in [0.5, 0.6) is 0 Å². The molecular formula is C24H26FN7O. The number of fused-ring (bicyclic) bond motifs is 1. The van der Waals surface area contributed by atoms with Crippen molar-refractivity contribution in [3.05, 3.63) is 71.8 Å². The second kappa shape index (κ2) is 9.11. The summed E-state index contributed by atoms with van der Waals surface area (Å²) in [6.45, 7) is 3.90. The zero-order valence-corrected chi connectivity index (χ0v) is 18.5. The molecule has 0 unspecified atom stereocenters. The topological polar surface area (TPSA) is 80.4 Å². The molecule has 1 N–H and O–H groups in total. The van der Waals surface area contributed by atoms with Gasteiger partial charge in [-0.1, -0.05) is 17.7 Å². The van der Waals surface area contributed by atoms with Gasteiger partial charge in [0.05, 0.1) is 17.6 Å². The van der Waals surface area contributed by atoms with Gasteiger partial charge in [-0.25, -0.2) is 18.6 Å². The van der Waals surface area contributed by atoms with Gasteiger partial charge in [-0.3, -0.25) is 4.79 Å². The van der Waals surface area contributed by atoms with Crippen LogP contribution in [0.25, 0.3) is 11.3 Å². The van der Waals surface area contributed by atoms with Crippen LogP contribution < -0.4 is 5.32 Å². The Kier molecular flexibility index (Phi) is 5.87. The smallest absolute Gasteiger partial charge is 0.262 e. The molecule has 0 atom stereocenters. The van der Waals surface area contributed by atoms with Crippen LogP contribution in [0.4, 0.5) is 10.2 Å². The van der Waals surface area contributed by atoms with E-state index >= 15 is 0 Å². The molecule has 4 aromatic rings. The van der Waals surface area contributed by atoms with Crippen LogP contribution in [-0.2, 0) is 0 Å². The van der Waals surface area contributed by atoms with Crippen molar-refractivity contribution in [3.63, 3.8) is 0 Å². The fourth-order valence-corrected chi connectivity index (χ4v) is 4.31. The highest BCUT2D eigenvalue weighted by molar-refractivity contribution is 6.07. The summed E-state index contributed by atoms with van der Waals surface area (Å²) < 4.78 is 16.0. The van der Waals surface area contributed by atoms with Crippen molar-refractivity contribution < 1.29 is 9.18 Å². The van der Waals surface area contributed by atoms with Gasteiger partial charge in [0.25, 0.3) is 5.91 Å². The molecule has 1 aromatic carbocycles. The van der Waals surface area contributed by atoms with Crippen LogP contribution in [0.15, 0.2) is 55.0 Å². The lowest BCUT2D eigenvalue weighted by Crippen LogP contribution is -2.34. The summed E-state index contributed by atoms with van der Waals surface area (Å²) in [7, 11) is 0. The van der Waals surface area contributed by atoms with Crippen LogP contribution in [0.3, 0.4) is 0 Å². The van der Waals surface area contributed by atoms with Gasteiger partial charge < -0.3 is 10.2 Å². The summed E-state index contributed by atoms with van der Waals surface area (Å²) in [6, 6.07) is 11.7. The zero-order valence-electron chi connectivity index (χ0n) is 18.5. The number of halogens is 1. The number of benzene rings is 1. The highest BCUT2D eigenvalue weighted by atomic mass is 19.1. The van der Waals surface area contributed by atoms with E-state index in [0.29, 0.717) is 23.6 Å². The van der Waals surface area contributed by atoms with Gasteiger partial charge in [-0.15, -0.1) is 0 Å². The highest BCUT2D eigenvalue weighted by Crippen LogP contribution is 2.30. The first-order valence-corrected chi connectivity index (χ1v) is 11.2. The number of carbonyl (C=O) groups excluding carboxylic acids is 1. The average molecular weight is 448 g/mol. The van der Waals surface area contributed by atoms with Crippen molar-refractivity contribution in [2.45, 2.75) is 25.7 Å². The molecule has 9 heteroatoms. The van der Waals surface area contributed by atoms with Crippen molar-refractivity contribution >= 4 is 17.4 Å². The van der Waals surface area contributed by atoms with E-state index in [2.05, 4.69) is 20.3 Å². The first-order valence-electron chi connectivity index (χ1n) is 11.2. The third kappa shape index (κ3) is 4.36. The Bertz CT molecular complexity index is 1260. The SMILES string of the molecule is Cc1ccc(-n2nc(C3CCN(CCF)CC3)cc2NC(=O)c2cnn3cccnc23)cc1. The van der Waals surface area contributed by atoms with E-state index in [1.54, 1.807) is 27.7 Å². The molecule has 1 aliphatic heterocycles. The fraction of sp³-hybridized carbons (Fsp3) is 0.333. The maximum atomic E-state index is 13.1. The van der Waals surface area contributed by atoms with E-state index in [4.69, 9.17) is 5.10 Å². The third-order valence-corrected chi connectivity index (χ3v) is 6.18. The monoisotopic (exact) mass is 447 g/mol. The summed E-state index contributed by atoms with van der Waals surface area (Å²) in [5.41, 5.74) is 3.85. The van der Waals surface area contributed by atoms with Crippen LogP contribution in [0, 0.1) is 6.92 Å². The third-order valence-electron chi connectivity index (χ3n) is 6.18. The minimum absolute atomic E-state index is 0.266. The van der Waals surface area contributed by atoms with Gasteiger partial charge >= 0.3 is 0 Å². The maximum absolute atomic E-state index is 13.1. The number of alkyl halides is 1. The number of nitrogens with one attached hydrogen (secondary N) is 1. The van der Waals surface area contributed by atoms with Gasteiger partial charge in [-0.05, 0) is 51.1 Å². The van der Waals surface area contributed by atoms with Crippen LogP contribution >= 0.6 is 0 Å². The molecule has 33 heavy (non-hydrogen) atoms. The molecule has 8 nitrogen and oxygen atoms in total. The molecule has 4 heterocycles. The number of amides is 1. The molecule has 0 saturated carbocycles. The predicted octanol–water partition coefficient (Wildman–Crippen LogP) is 3.62. The number of aryl methyl sites for hydroxylation is 1. The lowest BCUT2D eigenvalue weighted by Gasteiger charge is -2.30. The second-order valence-electron chi connectivity index (χ2n) is 8.41. The lowest BCUT2D eigenvalue weighted by molar-refractivity contribution is 0.102. The zero-order chi connectivity index (χ0) is 22.8. The molecule has 0 bridgehead atoms. The highest BCUT2D eigenvalue weighted by Gasteiger charge is 2.25. The molecule has 0 spiro atoms. The van der Waals surface area contributed by atoms with Gasteiger partial charge in [0, 0.05) is 30.9 Å². The minimum Gasteiger partial charge on any atom is -0.306 e. The minimum atomic E-state index is -0.318. The summed E-state index contributed by atoms with van der Waals surface area (Å²) in [5.74, 6) is 0.573. The Labute approximate surface area is 191 Å². The van der Waals surface area contributed by atoms with Gasteiger partial charge in [0.1, 0.15) is 18.1 Å². The number of hydrogen-bond acceptors (Lipinski definition) is 5. The van der Waals surface area contributed by atoms with E-state index in [-0.39, 0.29) is 18.5 Å². The fourth-order valence-electron chi connectivity index (χ4n) is 4.31. The number of piperidine rings is 1. The van der Waals surface area contributed by atoms with Crippen molar-refractivity contribution in [2.24, 2.45) is 0 Å². The molecule has 1 aliphatic rings. The molecule has 0 radical (unpaired) electrons. The standard InChI is InChI=1S/C24H26FN7O/c1-17-3-5-19(6-4-17)32-22(15-21(29-32)18-7-12-30(13-8-18)14-9-25)28-24(33)20-16-27-31-11-2-10-26-23(20)31/h2-6,10-11,15-16,18H,7-9,12-14H2,1H3,(H,28,33). The number of aromatic nitrogens is 5. The molecule has 0 aliphatic carbocycles. The Morgan fingerprint density at radius 1 is 1.21 bits per heavy atom. The molecule has 1 fully saturated rings. The van der Waals surface area contributed by atoms with Gasteiger partial charge in [0.2, 0.25) is 0 Å². The Morgan fingerprint density at radius 2 is 2.00 bits per heavy atom. The van der Waals surface area contributed by atoms with Gasteiger partial charge in [0.15, 0.2) is 5.65 Å². The Balaban J connectivity index is 1.45. The quantitative estimate of drug-likeness (QED) is 0.488. The van der Waals surface area contributed by atoms with Crippen LogP contribution in [-0.4, -0.2) is 61.5 Å². The second-order valence-corrected chi connectivity index (χ2v) is 8.41. The largest absolute Gasteiger partial charge is 0.306 e. The first kappa shape index (κ1) is 21.3. The molecule has 5 rings (SSSR count). The average Bonchev–Trinajstić information content (AvgIpc) is 3.45. The molecule has 1 amide bonds. The molecule has 1 saturated heterocycles. The van der Waals surface area contributed by atoms with Crippen molar-refractivity contribution in [1.29, 1.82) is 0 Å².